The molecule has 0 fully saturated rings. The Bertz CT molecular complexity index is 789. The van der Waals surface area contributed by atoms with Crippen LogP contribution in [-0.2, 0) is 16.6 Å². The van der Waals surface area contributed by atoms with Crippen molar-refractivity contribution in [2.75, 3.05) is 0 Å². The van der Waals surface area contributed by atoms with Crippen LogP contribution >= 0.6 is 0 Å². The topological polar surface area (TPSA) is 81.3 Å². The minimum atomic E-state index is -3.60. The summed E-state index contributed by atoms with van der Waals surface area (Å²) in [5.74, 6) is -0.477. The predicted octanol–water partition coefficient (Wildman–Crippen LogP) is 2.08. The van der Waals surface area contributed by atoms with Gasteiger partial charge >= 0.3 is 5.76 Å². The van der Waals surface area contributed by atoms with Gasteiger partial charge in [-0.25, -0.2) is 17.9 Å². The zero-order chi connectivity index (χ0) is 15.6. The average molecular weight is 312 g/mol. The fourth-order valence-electron chi connectivity index (χ4n) is 2.34. The van der Waals surface area contributed by atoms with Crippen molar-refractivity contribution in [2.24, 2.45) is 0 Å². The van der Waals surface area contributed by atoms with Gasteiger partial charge in [-0.2, -0.15) is 0 Å². The first-order valence-electron chi connectivity index (χ1n) is 7.04. The van der Waals surface area contributed by atoms with Crippen molar-refractivity contribution in [3.63, 3.8) is 0 Å². The molecular formula is C14H20N2O4S. The molecule has 0 spiro atoms. The third-order valence-electron chi connectivity index (χ3n) is 3.34. The number of nitrogens with one attached hydrogen (secondary N) is 1. The van der Waals surface area contributed by atoms with Gasteiger partial charge in [0.2, 0.25) is 10.0 Å². The highest BCUT2D eigenvalue weighted by Gasteiger charge is 2.19. The number of hydrogen-bond acceptors (Lipinski definition) is 4. The van der Waals surface area contributed by atoms with Crippen molar-refractivity contribution in [1.29, 1.82) is 0 Å². The molecule has 1 heterocycles. The van der Waals surface area contributed by atoms with Crippen LogP contribution in [0.1, 0.15) is 33.6 Å². The Labute approximate surface area is 123 Å². The fourth-order valence-corrected chi connectivity index (χ4v) is 3.63. The Morgan fingerprint density at radius 2 is 2.05 bits per heavy atom. The molecule has 116 valence electrons. The van der Waals surface area contributed by atoms with E-state index in [2.05, 4.69) is 4.72 Å². The molecule has 2 aromatic rings. The van der Waals surface area contributed by atoms with Crippen LogP contribution in [0, 0.1) is 0 Å². The molecule has 6 nitrogen and oxygen atoms in total. The van der Waals surface area contributed by atoms with E-state index in [1.807, 2.05) is 20.8 Å². The number of nitrogens with zero attached hydrogens (tertiary/aromatic N) is 1. The van der Waals surface area contributed by atoms with Gasteiger partial charge in [-0.3, -0.25) is 4.57 Å². The first-order valence-corrected chi connectivity index (χ1v) is 8.53. The number of fused-ring (bicyclic) bond motifs is 1. The molecule has 0 radical (unpaired) electrons. The molecule has 1 N–H and O–H groups in total. The highest BCUT2D eigenvalue weighted by molar-refractivity contribution is 7.89. The zero-order valence-corrected chi connectivity index (χ0v) is 13.2. The number of sulfonamides is 1. The second-order valence-corrected chi connectivity index (χ2v) is 6.77. The maximum absolute atomic E-state index is 12.3. The Hall–Kier alpha value is -1.60. The SMILES string of the molecule is CCC[C@H](C)NS(=O)(=O)c1ccc2c(c1)oc(=O)n2CC. The molecule has 0 unspecified atom stereocenters. The maximum atomic E-state index is 12.3. The summed E-state index contributed by atoms with van der Waals surface area (Å²) < 4.78 is 33.7. The smallest absolute Gasteiger partial charge is 0.408 e. The minimum absolute atomic E-state index is 0.106. The molecule has 1 aromatic carbocycles. The first kappa shape index (κ1) is 15.8. The van der Waals surface area contributed by atoms with Gasteiger partial charge in [0, 0.05) is 18.7 Å². The fraction of sp³-hybridized carbons (Fsp3) is 0.500. The van der Waals surface area contributed by atoms with Crippen molar-refractivity contribution >= 4 is 21.1 Å². The molecule has 21 heavy (non-hydrogen) atoms. The normalized spacial score (nSPS) is 13.7. The van der Waals surface area contributed by atoms with E-state index in [1.165, 1.54) is 16.7 Å². The van der Waals surface area contributed by atoms with Gasteiger partial charge in [0.05, 0.1) is 10.4 Å². The summed E-state index contributed by atoms with van der Waals surface area (Å²) in [5.41, 5.74) is 0.885. The number of hydrogen-bond donors (Lipinski definition) is 1. The molecule has 0 amide bonds. The molecule has 1 aromatic heterocycles. The Morgan fingerprint density at radius 3 is 2.67 bits per heavy atom. The highest BCUT2D eigenvalue weighted by Crippen LogP contribution is 2.19. The molecule has 0 saturated carbocycles. The molecule has 2 rings (SSSR count). The van der Waals surface area contributed by atoms with Crippen molar-refractivity contribution in [3.05, 3.63) is 28.7 Å². The Balaban J connectivity index is 2.41. The van der Waals surface area contributed by atoms with E-state index >= 15 is 0 Å². The number of aromatic nitrogens is 1. The van der Waals surface area contributed by atoms with Crippen LogP contribution < -0.4 is 10.5 Å². The highest BCUT2D eigenvalue weighted by atomic mass is 32.2. The summed E-state index contributed by atoms with van der Waals surface area (Å²) in [4.78, 5) is 11.7. The predicted molar refractivity (Wildman–Crippen MR) is 80.8 cm³/mol. The monoisotopic (exact) mass is 312 g/mol. The summed E-state index contributed by atoms with van der Waals surface area (Å²) in [6.07, 6.45) is 1.67. The van der Waals surface area contributed by atoms with Crippen LogP contribution in [0.2, 0.25) is 0 Å². The summed E-state index contributed by atoms with van der Waals surface area (Å²) in [6, 6.07) is 4.35. The van der Waals surface area contributed by atoms with E-state index in [0.29, 0.717) is 12.1 Å². The maximum Gasteiger partial charge on any atom is 0.419 e. The second kappa shape index (κ2) is 6.03. The van der Waals surface area contributed by atoms with Crippen LogP contribution in [0.3, 0.4) is 0 Å². The molecular weight excluding hydrogens is 292 g/mol. The van der Waals surface area contributed by atoms with E-state index < -0.39 is 15.8 Å². The van der Waals surface area contributed by atoms with Crippen molar-refractivity contribution in [1.82, 2.24) is 9.29 Å². The third kappa shape index (κ3) is 3.19. The van der Waals surface area contributed by atoms with Gasteiger partial charge in [0.15, 0.2) is 5.58 Å². The van der Waals surface area contributed by atoms with E-state index in [-0.39, 0.29) is 16.5 Å². The molecule has 0 aliphatic rings. The summed E-state index contributed by atoms with van der Waals surface area (Å²) in [5, 5.41) is 0. The lowest BCUT2D eigenvalue weighted by Gasteiger charge is -2.13. The van der Waals surface area contributed by atoms with Crippen LogP contribution in [-0.4, -0.2) is 19.0 Å². The Morgan fingerprint density at radius 1 is 1.33 bits per heavy atom. The Kier molecular flexibility index (Phi) is 4.53. The van der Waals surface area contributed by atoms with Crippen molar-refractivity contribution in [2.45, 2.75) is 51.1 Å². The van der Waals surface area contributed by atoms with Crippen molar-refractivity contribution < 1.29 is 12.8 Å². The molecule has 7 heteroatoms. The summed E-state index contributed by atoms with van der Waals surface area (Å²) in [6.45, 7) is 6.13. The third-order valence-corrected chi connectivity index (χ3v) is 4.93. The molecule has 0 aliphatic heterocycles. The van der Waals surface area contributed by atoms with Crippen LogP contribution in [0.4, 0.5) is 0 Å². The van der Waals surface area contributed by atoms with Gasteiger partial charge in [-0.05, 0) is 32.4 Å². The largest absolute Gasteiger partial charge is 0.419 e. The molecule has 0 saturated heterocycles. The number of rotatable bonds is 6. The van der Waals surface area contributed by atoms with Gasteiger partial charge in [-0.15, -0.1) is 0 Å². The van der Waals surface area contributed by atoms with Gasteiger partial charge < -0.3 is 4.42 Å². The van der Waals surface area contributed by atoms with E-state index in [0.717, 1.165) is 12.8 Å². The number of aryl methyl sites for hydroxylation is 1. The van der Waals surface area contributed by atoms with Gasteiger partial charge in [-0.1, -0.05) is 13.3 Å². The molecule has 1 atom stereocenters. The second-order valence-electron chi connectivity index (χ2n) is 5.05. The number of benzene rings is 1. The lowest BCUT2D eigenvalue weighted by molar-refractivity contribution is 0.512. The average Bonchev–Trinajstić information content (AvgIpc) is 2.72. The lowest BCUT2D eigenvalue weighted by atomic mass is 10.2. The van der Waals surface area contributed by atoms with Crippen LogP contribution in [0.15, 0.2) is 32.3 Å². The van der Waals surface area contributed by atoms with Crippen LogP contribution in [0.25, 0.3) is 11.1 Å². The zero-order valence-electron chi connectivity index (χ0n) is 12.4. The van der Waals surface area contributed by atoms with E-state index in [4.69, 9.17) is 4.42 Å². The van der Waals surface area contributed by atoms with E-state index in [1.54, 1.807) is 6.07 Å². The quantitative estimate of drug-likeness (QED) is 0.885. The van der Waals surface area contributed by atoms with Gasteiger partial charge in [0.1, 0.15) is 0 Å². The van der Waals surface area contributed by atoms with Gasteiger partial charge in [0.25, 0.3) is 0 Å². The molecule has 0 bridgehead atoms. The van der Waals surface area contributed by atoms with E-state index in [9.17, 15) is 13.2 Å². The van der Waals surface area contributed by atoms with Crippen molar-refractivity contribution in [3.8, 4) is 0 Å². The molecule has 0 aliphatic carbocycles. The summed E-state index contributed by atoms with van der Waals surface area (Å²) in [7, 11) is -3.60. The standard InChI is InChI=1S/C14H20N2O4S/c1-4-6-10(3)15-21(18,19)11-7-8-12-13(9-11)20-14(17)16(12)5-2/h7-10,15H,4-6H2,1-3H3/t10-/m0/s1. The number of oxazole rings is 1. The lowest BCUT2D eigenvalue weighted by Crippen LogP contribution is -2.32. The minimum Gasteiger partial charge on any atom is -0.408 e. The van der Waals surface area contributed by atoms with Crippen LogP contribution in [0.5, 0.6) is 0 Å². The summed E-state index contributed by atoms with van der Waals surface area (Å²) >= 11 is 0. The first-order chi connectivity index (χ1) is 9.89.